The molecule has 0 aliphatic heterocycles. The van der Waals surface area contributed by atoms with Gasteiger partial charge in [0.1, 0.15) is 5.75 Å². The lowest BCUT2D eigenvalue weighted by molar-refractivity contribution is 0.415. The first kappa shape index (κ1) is 9.78. The summed E-state index contributed by atoms with van der Waals surface area (Å²) >= 11 is 0. The van der Waals surface area contributed by atoms with E-state index in [0.29, 0.717) is 0 Å². The van der Waals surface area contributed by atoms with Crippen molar-refractivity contribution in [2.24, 2.45) is 0 Å². The van der Waals surface area contributed by atoms with Crippen LogP contribution >= 0.6 is 0 Å². The second-order valence-electron chi connectivity index (χ2n) is 3.49. The van der Waals surface area contributed by atoms with Gasteiger partial charge in [0.25, 0.3) is 0 Å². The summed E-state index contributed by atoms with van der Waals surface area (Å²) in [4.78, 5) is 0. The molecule has 15 heavy (non-hydrogen) atoms. The average Bonchev–Trinajstić information content (AvgIpc) is 2.30. The van der Waals surface area contributed by atoms with Crippen molar-refractivity contribution in [2.75, 3.05) is 7.11 Å². The molecule has 0 amide bonds. The van der Waals surface area contributed by atoms with Gasteiger partial charge in [0.15, 0.2) is 0 Å². The molecule has 2 aromatic rings. The van der Waals surface area contributed by atoms with Crippen molar-refractivity contribution >= 4 is 0 Å². The maximum atomic E-state index is 5.19. The Balaban J connectivity index is 2.40. The highest BCUT2D eigenvalue weighted by Gasteiger charge is 1.98. The van der Waals surface area contributed by atoms with E-state index in [2.05, 4.69) is 24.3 Å². The molecule has 0 saturated heterocycles. The third-order valence-corrected chi connectivity index (χ3v) is 2.37. The van der Waals surface area contributed by atoms with Gasteiger partial charge in [-0.15, -0.1) is 0 Å². The molecule has 1 nitrogen and oxygen atoms in total. The molecule has 0 bridgehead atoms. The molecule has 0 spiro atoms. The summed E-state index contributed by atoms with van der Waals surface area (Å²) in [6.45, 7) is 2.04. The van der Waals surface area contributed by atoms with E-state index in [4.69, 9.17) is 4.74 Å². The Hall–Kier alpha value is -1.76. The van der Waals surface area contributed by atoms with Gasteiger partial charge in [0.05, 0.1) is 7.11 Å². The van der Waals surface area contributed by atoms with Crippen LogP contribution in [0.3, 0.4) is 0 Å². The van der Waals surface area contributed by atoms with Crippen molar-refractivity contribution < 1.29 is 4.74 Å². The Kier molecular flexibility index (Phi) is 2.72. The van der Waals surface area contributed by atoms with Crippen molar-refractivity contribution in [3.8, 4) is 16.9 Å². The van der Waals surface area contributed by atoms with Crippen LogP contribution in [0.5, 0.6) is 5.75 Å². The smallest absolute Gasteiger partial charge is 0.119 e. The number of ether oxygens (including phenoxy) is 1. The average molecular weight is 197 g/mol. The zero-order valence-corrected chi connectivity index (χ0v) is 8.95. The molecule has 0 N–H and O–H groups in total. The minimum atomic E-state index is 0.882. The van der Waals surface area contributed by atoms with Gasteiger partial charge in [0, 0.05) is 0 Å². The lowest BCUT2D eigenvalue weighted by atomic mass is 10.0. The summed E-state index contributed by atoms with van der Waals surface area (Å²) in [7, 11) is 1.68. The summed E-state index contributed by atoms with van der Waals surface area (Å²) < 4.78 is 5.19. The molecule has 2 rings (SSSR count). The molecular formula is C14H13O. The van der Waals surface area contributed by atoms with E-state index < -0.39 is 0 Å². The Labute approximate surface area is 90.3 Å². The Morgan fingerprint density at radius 1 is 1.07 bits per heavy atom. The van der Waals surface area contributed by atoms with Gasteiger partial charge in [-0.25, -0.2) is 0 Å². The van der Waals surface area contributed by atoms with Crippen LogP contribution in [0.4, 0.5) is 0 Å². The monoisotopic (exact) mass is 197 g/mol. The van der Waals surface area contributed by atoms with Crippen molar-refractivity contribution in [2.45, 2.75) is 6.92 Å². The third-order valence-electron chi connectivity index (χ3n) is 2.37. The van der Waals surface area contributed by atoms with Crippen molar-refractivity contribution in [3.63, 3.8) is 0 Å². The summed E-state index contributed by atoms with van der Waals surface area (Å²) in [6.07, 6.45) is 0. The van der Waals surface area contributed by atoms with Crippen LogP contribution in [0.1, 0.15) is 5.56 Å². The molecule has 0 aliphatic rings. The van der Waals surface area contributed by atoms with Gasteiger partial charge < -0.3 is 4.74 Å². The number of methoxy groups -OCH3 is 1. The molecule has 0 saturated carbocycles. The SMILES string of the molecule is COc1cccc(-c2c[c]c(C)cc2)c1. The van der Waals surface area contributed by atoms with Crippen LogP contribution in [0.15, 0.2) is 42.5 Å². The van der Waals surface area contributed by atoms with Gasteiger partial charge in [0.2, 0.25) is 0 Å². The summed E-state index contributed by atoms with van der Waals surface area (Å²) in [5.74, 6) is 0.882. The van der Waals surface area contributed by atoms with Crippen LogP contribution in [0.2, 0.25) is 0 Å². The van der Waals surface area contributed by atoms with Crippen LogP contribution in [0, 0.1) is 13.0 Å². The molecule has 0 unspecified atom stereocenters. The predicted molar refractivity (Wildman–Crippen MR) is 62.0 cm³/mol. The summed E-state index contributed by atoms with van der Waals surface area (Å²) in [5, 5.41) is 0. The van der Waals surface area contributed by atoms with Crippen LogP contribution in [0.25, 0.3) is 11.1 Å². The fourth-order valence-corrected chi connectivity index (χ4v) is 1.48. The lowest BCUT2D eigenvalue weighted by Gasteiger charge is -2.04. The Bertz CT molecular complexity index is 443. The highest BCUT2D eigenvalue weighted by molar-refractivity contribution is 5.65. The van der Waals surface area contributed by atoms with E-state index in [1.54, 1.807) is 7.11 Å². The third kappa shape index (κ3) is 2.18. The molecule has 1 heteroatoms. The van der Waals surface area contributed by atoms with Gasteiger partial charge in [-0.3, -0.25) is 0 Å². The first-order valence-corrected chi connectivity index (χ1v) is 4.92. The molecular weight excluding hydrogens is 184 g/mol. The van der Waals surface area contributed by atoms with E-state index in [0.717, 1.165) is 16.9 Å². The minimum absolute atomic E-state index is 0.882. The first-order valence-electron chi connectivity index (χ1n) is 4.92. The molecule has 0 atom stereocenters. The summed E-state index contributed by atoms with van der Waals surface area (Å²) in [5.41, 5.74) is 3.48. The number of hydrogen-bond donors (Lipinski definition) is 0. The molecule has 0 heterocycles. The van der Waals surface area contributed by atoms with E-state index in [9.17, 15) is 0 Å². The number of benzene rings is 2. The molecule has 0 aliphatic carbocycles. The normalized spacial score (nSPS) is 10.0. The predicted octanol–water partition coefficient (Wildman–Crippen LogP) is 3.47. The fraction of sp³-hybridized carbons (Fsp3) is 0.143. The first-order chi connectivity index (χ1) is 7.29. The summed E-state index contributed by atoms with van der Waals surface area (Å²) in [6, 6.07) is 17.4. The standard InChI is InChI=1S/C14H13O/c1-11-6-8-12(9-7-11)13-4-3-5-14(10-13)15-2/h3-6,8-10H,1-2H3. The van der Waals surface area contributed by atoms with Crippen molar-refractivity contribution in [1.29, 1.82) is 0 Å². The number of hydrogen-bond acceptors (Lipinski definition) is 1. The lowest BCUT2D eigenvalue weighted by Crippen LogP contribution is -1.83. The van der Waals surface area contributed by atoms with E-state index in [1.807, 2.05) is 31.2 Å². The highest BCUT2D eigenvalue weighted by Crippen LogP contribution is 2.23. The van der Waals surface area contributed by atoms with E-state index >= 15 is 0 Å². The van der Waals surface area contributed by atoms with Gasteiger partial charge in [-0.05, 0) is 47.9 Å². The number of aryl methyl sites for hydroxylation is 1. The molecule has 0 aromatic heterocycles. The van der Waals surface area contributed by atoms with E-state index in [-0.39, 0.29) is 0 Å². The van der Waals surface area contributed by atoms with Gasteiger partial charge >= 0.3 is 0 Å². The second kappa shape index (κ2) is 4.18. The maximum Gasteiger partial charge on any atom is 0.119 e. The van der Waals surface area contributed by atoms with Gasteiger partial charge in [-0.2, -0.15) is 0 Å². The molecule has 75 valence electrons. The van der Waals surface area contributed by atoms with E-state index in [1.165, 1.54) is 5.56 Å². The maximum absolute atomic E-state index is 5.19. The Morgan fingerprint density at radius 3 is 2.60 bits per heavy atom. The van der Waals surface area contributed by atoms with Crippen LogP contribution in [-0.4, -0.2) is 7.11 Å². The largest absolute Gasteiger partial charge is 0.497 e. The zero-order valence-electron chi connectivity index (χ0n) is 8.95. The van der Waals surface area contributed by atoms with Gasteiger partial charge in [-0.1, -0.05) is 24.3 Å². The highest BCUT2D eigenvalue weighted by atomic mass is 16.5. The molecule has 2 aromatic carbocycles. The molecule has 0 fully saturated rings. The Morgan fingerprint density at radius 2 is 1.93 bits per heavy atom. The zero-order chi connectivity index (χ0) is 10.7. The minimum Gasteiger partial charge on any atom is -0.497 e. The van der Waals surface area contributed by atoms with Crippen LogP contribution in [-0.2, 0) is 0 Å². The number of rotatable bonds is 2. The quantitative estimate of drug-likeness (QED) is 0.716. The van der Waals surface area contributed by atoms with Crippen LogP contribution < -0.4 is 4.74 Å². The van der Waals surface area contributed by atoms with Crippen molar-refractivity contribution in [3.05, 3.63) is 54.1 Å². The van der Waals surface area contributed by atoms with Crippen molar-refractivity contribution in [1.82, 2.24) is 0 Å². The second-order valence-corrected chi connectivity index (χ2v) is 3.49. The topological polar surface area (TPSA) is 9.23 Å². The fourth-order valence-electron chi connectivity index (χ4n) is 1.48. The molecule has 1 radical (unpaired) electrons.